The van der Waals surface area contributed by atoms with Crippen molar-refractivity contribution in [1.29, 1.82) is 0 Å². The van der Waals surface area contributed by atoms with Crippen LogP contribution in [0.25, 0.3) is 0 Å². The van der Waals surface area contributed by atoms with Crippen molar-refractivity contribution in [3.63, 3.8) is 0 Å². The van der Waals surface area contributed by atoms with Gasteiger partial charge in [0.2, 0.25) is 0 Å². The number of likely N-dealkylation sites (N-methyl/N-ethyl adjacent to an activating group) is 1. The van der Waals surface area contributed by atoms with Gasteiger partial charge in [0.1, 0.15) is 11.9 Å². The summed E-state index contributed by atoms with van der Waals surface area (Å²) in [5.41, 5.74) is 0. The lowest BCUT2D eigenvalue weighted by Crippen LogP contribution is -2.39. The quantitative estimate of drug-likeness (QED) is 0.522. The number of hydrogen-bond donors (Lipinski definition) is 4. The lowest BCUT2D eigenvalue weighted by molar-refractivity contribution is -0.138. The maximum atomic E-state index is 10.6. The number of nitrogens with one attached hydrogen (secondary N) is 3. The normalized spacial score (nSPS) is 12.4. The second kappa shape index (κ2) is 4.51. The second-order valence-electron chi connectivity index (χ2n) is 2.64. The fourth-order valence-electron chi connectivity index (χ4n) is 0.965. The third-order valence-corrected chi connectivity index (χ3v) is 1.74. The Hall–Kier alpha value is -1.49. The number of anilines is 1. The van der Waals surface area contributed by atoms with Gasteiger partial charge in [-0.15, -0.1) is 0 Å². The summed E-state index contributed by atoms with van der Waals surface area (Å²) >= 11 is 0. The van der Waals surface area contributed by atoms with Crippen LogP contribution in [0.3, 0.4) is 0 Å². The van der Waals surface area contributed by atoms with Crippen molar-refractivity contribution in [2.45, 2.75) is 6.04 Å². The molecular formula is C8H13N3O2. The average Bonchev–Trinajstić information content (AvgIpc) is 2.57. The molecule has 0 aromatic carbocycles. The van der Waals surface area contributed by atoms with Gasteiger partial charge in [-0.25, -0.2) is 0 Å². The minimum absolute atomic E-state index is 0.354. The van der Waals surface area contributed by atoms with E-state index in [0.29, 0.717) is 6.54 Å². The van der Waals surface area contributed by atoms with Crippen molar-refractivity contribution in [2.24, 2.45) is 0 Å². The highest BCUT2D eigenvalue weighted by Gasteiger charge is 2.13. The zero-order valence-corrected chi connectivity index (χ0v) is 7.37. The number of hydrogen-bond acceptors (Lipinski definition) is 3. The van der Waals surface area contributed by atoms with Gasteiger partial charge in [0.05, 0.1) is 0 Å². The van der Waals surface area contributed by atoms with E-state index in [1.165, 1.54) is 0 Å². The largest absolute Gasteiger partial charge is 0.480 e. The molecule has 4 N–H and O–H groups in total. The lowest BCUT2D eigenvalue weighted by atomic mass is 10.3. The lowest BCUT2D eigenvalue weighted by Gasteiger charge is -2.11. The second-order valence-corrected chi connectivity index (χ2v) is 2.64. The molecule has 0 radical (unpaired) electrons. The molecule has 1 unspecified atom stereocenters. The summed E-state index contributed by atoms with van der Waals surface area (Å²) < 4.78 is 0. The Morgan fingerprint density at radius 3 is 3.00 bits per heavy atom. The molecule has 1 heterocycles. The average molecular weight is 183 g/mol. The summed E-state index contributed by atoms with van der Waals surface area (Å²) in [5, 5.41) is 14.3. The highest BCUT2D eigenvalue weighted by Crippen LogP contribution is 2.00. The fourth-order valence-corrected chi connectivity index (χ4v) is 0.965. The molecule has 0 aliphatic carbocycles. The number of aromatic nitrogens is 1. The Labute approximate surface area is 76.2 Å². The SMILES string of the molecule is CNC(CNc1ccc[nH]1)C(=O)O. The minimum atomic E-state index is -0.860. The first-order chi connectivity index (χ1) is 6.24. The molecule has 0 fully saturated rings. The van der Waals surface area contributed by atoms with Gasteiger partial charge in [-0.05, 0) is 19.2 Å². The van der Waals surface area contributed by atoms with Crippen molar-refractivity contribution in [2.75, 3.05) is 18.9 Å². The van der Waals surface area contributed by atoms with Gasteiger partial charge in [0.15, 0.2) is 0 Å². The molecule has 0 spiro atoms. The van der Waals surface area contributed by atoms with Gasteiger partial charge in [-0.3, -0.25) is 4.79 Å². The van der Waals surface area contributed by atoms with Crippen LogP contribution in [0.2, 0.25) is 0 Å². The molecule has 1 aromatic heterocycles. The van der Waals surface area contributed by atoms with E-state index >= 15 is 0 Å². The summed E-state index contributed by atoms with van der Waals surface area (Å²) in [4.78, 5) is 13.5. The van der Waals surface area contributed by atoms with E-state index in [2.05, 4.69) is 15.6 Å². The van der Waals surface area contributed by atoms with Gasteiger partial charge in [0.25, 0.3) is 0 Å². The third-order valence-electron chi connectivity index (χ3n) is 1.74. The molecule has 72 valence electrons. The molecule has 0 bridgehead atoms. The number of H-pyrrole nitrogens is 1. The first-order valence-electron chi connectivity index (χ1n) is 4.01. The highest BCUT2D eigenvalue weighted by atomic mass is 16.4. The van der Waals surface area contributed by atoms with Crippen LogP contribution in [-0.2, 0) is 4.79 Å². The van der Waals surface area contributed by atoms with E-state index in [-0.39, 0.29) is 0 Å². The van der Waals surface area contributed by atoms with Crippen LogP contribution in [0.15, 0.2) is 18.3 Å². The van der Waals surface area contributed by atoms with Crippen LogP contribution >= 0.6 is 0 Å². The minimum Gasteiger partial charge on any atom is -0.480 e. The molecule has 1 rings (SSSR count). The van der Waals surface area contributed by atoms with E-state index in [1.54, 1.807) is 13.2 Å². The van der Waals surface area contributed by atoms with Crippen molar-refractivity contribution in [1.82, 2.24) is 10.3 Å². The van der Waals surface area contributed by atoms with E-state index in [4.69, 9.17) is 5.11 Å². The molecule has 1 atom stereocenters. The van der Waals surface area contributed by atoms with E-state index in [0.717, 1.165) is 5.82 Å². The molecular weight excluding hydrogens is 170 g/mol. The summed E-state index contributed by atoms with van der Waals surface area (Å²) in [7, 11) is 1.62. The summed E-state index contributed by atoms with van der Waals surface area (Å²) in [5.74, 6) is -0.0388. The van der Waals surface area contributed by atoms with Crippen LogP contribution in [0.1, 0.15) is 0 Å². The van der Waals surface area contributed by atoms with E-state index < -0.39 is 12.0 Å². The maximum Gasteiger partial charge on any atom is 0.322 e. The van der Waals surface area contributed by atoms with Crippen molar-refractivity contribution in [3.05, 3.63) is 18.3 Å². The summed E-state index contributed by atoms with van der Waals surface area (Å²) in [6.45, 7) is 0.354. The van der Waals surface area contributed by atoms with Crippen LogP contribution in [0, 0.1) is 0 Å². The zero-order valence-electron chi connectivity index (χ0n) is 7.37. The third kappa shape index (κ3) is 2.79. The molecule has 0 saturated heterocycles. The number of aliphatic carboxylic acids is 1. The Morgan fingerprint density at radius 1 is 1.77 bits per heavy atom. The molecule has 0 aliphatic rings. The predicted molar refractivity (Wildman–Crippen MR) is 49.8 cm³/mol. The topological polar surface area (TPSA) is 77.1 Å². The zero-order chi connectivity index (χ0) is 9.68. The van der Waals surface area contributed by atoms with Crippen LogP contribution < -0.4 is 10.6 Å². The predicted octanol–water partition coefficient (Wildman–Crippen LogP) is 0.0992. The molecule has 0 aliphatic heterocycles. The van der Waals surface area contributed by atoms with E-state index in [9.17, 15) is 4.79 Å². The number of carboxylic acids is 1. The van der Waals surface area contributed by atoms with Crippen LogP contribution in [0.5, 0.6) is 0 Å². The molecule has 13 heavy (non-hydrogen) atoms. The molecule has 5 heteroatoms. The monoisotopic (exact) mass is 183 g/mol. The molecule has 0 amide bonds. The van der Waals surface area contributed by atoms with Gasteiger partial charge in [-0.2, -0.15) is 0 Å². The number of rotatable bonds is 5. The smallest absolute Gasteiger partial charge is 0.322 e. The van der Waals surface area contributed by atoms with E-state index in [1.807, 2.05) is 12.1 Å². The standard InChI is InChI=1S/C8H13N3O2/c1-9-6(8(12)13)5-11-7-3-2-4-10-7/h2-4,6,9-11H,5H2,1H3,(H,12,13). The Bertz CT molecular complexity index is 258. The van der Waals surface area contributed by atoms with Gasteiger partial charge in [-0.1, -0.05) is 0 Å². The Morgan fingerprint density at radius 2 is 2.54 bits per heavy atom. The Kier molecular flexibility index (Phi) is 3.33. The van der Waals surface area contributed by atoms with Gasteiger partial charge in [0, 0.05) is 12.7 Å². The van der Waals surface area contributed by atoms with Crippen molar-refractivity contribution in [3.8, 4) is 0 Å². The Balaban J connectivity index is 2.36. The first-order valence-corrected chi connectivity index (χ1v) is 4.01. The number of carbonyl (C=O) groups is 1. The number of carboxylic acid groups (broad SMARTS) is 1. The van der Waals surface area contributed by atoms with Gasteiger partial charge < -0.3 is 20.7 Å². The number of aromatic amines is 1. The molecule has 0 saturated carbocycles. The first kappa shape index (κ1) is 9.60. The maximum absolute atomic E-state index is 10.6. The van der Waals surface area contributed by atoms with Gasteiger partial charge >= 0.3 is 5.97 Å². The fraction of sp³-hybridized carbons (Fsp3) is 0.375. The van der Waals surface area contributed by atoms with Crippen molar-refractivity contribution < 1.29 is 9.90 Å². The highest BCUT2D eigenvalue weighted by molar-refractivity contribution is 5.74. The molecule has 1 aromatic rings. The summed E-state index contributed by atoms with van der Waals surface area (Å²) in [6, 6.07) is 3.12. The van der Waals surface area contributed by atoms with Crippen molar-refractivity contribution >= 4 is 11.8 Å². The summed E-state index contributed by atoms with van der Waals surface area (Å²) in [6.07, 6.45) is 1.78. The van der Waals surface area contributed by atoms with Crippen LogP contribution in [-0.4, -0.2) is 35.7 Å². The molecule has 5 nitrogen and oxygen atoms in total. The van der Waals surface area contributed by atoms with Crippen LogP contribution in [0.4, 0.5) is 5.82 Å².